The third-order valence-electron chi connectivity index (χ3n) is 3.64. The summed E-state index contributed by atoms with van der Waals surface area (Å²) in [6, 6.07) is 18.3. The predicted molar refractivity (Wildman–Crippen MR) is 99.7 cm³/mol. The van der Waals surface area contributed by atoms with E-state index in [0.717, 1.165) is 5.69 Å². The molecule has 7 nitrogen and oxygen atoms in total. The van der Waals surface area contributed by atoms with Crippen molar-refractivity contribution in [1.29, 1.82) is 0 Å². The molecule has 0 aliphatic rings. The van der Waals surface area contributed by atoms with Gasteiger partial charge in [-0.3, -0.25) is 4.79 Å². The van der Waals surface area contributed by atoms with Crippen LogP contribution in [0.15, 0.2) is 65.8 Å². The number of carbonyl (C=O) groups excluding carboxylic acids is 1. The molecule has 0 saturated carbocycles. The number of aliphatic carboxylic acids is 1. The van der Waals surface area contributed by atoms with Gasteiger partial charge in [0.15, 0.2) is 0 Å². The molecule has 7 heteroatoms. The number of aromatic nitrogens is 1. The SMILES string of the molecule is C/C(=N\NC(=O)c1cc(Nc2ccccc2)nc2ccccc12)C(=O)O. The van der Waals surface area contributed by atoms with Crippen molar-refractivity contribution in [2.24, 2.45) is 5.10 Å². The van der Waals surface area contributed by atoms with E-state index in [9.17, 15) is 9.59 Å². The number of rotatable bonds is 5. The Bertz CT molecular complexity index is 1000. The predicted octanol–water partition coefficient (Wildman–Crippen LogP) is 3.17. The molecule has 1 heterocycles. The van der Waals surface area contributed by atoms with Crippen molar-refractivity contribution in [3.05, 3.63) is 66.2 Å². The molecule has 0 unspecified atom stereocenters. The van der Waals surface area contributed by atoms with Gasteiger partial charge in [0.25, 0.3) is 5.91 Å². The van der Waals surface area contributed by atoms with Gasteiger partial charge < -0.3 is 10.4 Å². The maximum Gasteiger partial charge on any atom is 0.351 e. The fourth-order valence-corrected chi connectivity index (χ4v) is 2.34. The minimum atomic E-state index is -1.20. The number of carbonyl (C=O) groups is 2. The molecule has 0 bridgehead atoms. The Morgan fingerprint density at radius 1 is 1.04 bits per heavy atom. The van der Waals surface area contributed by atoms with Crippen molar-refractivity contribution in [3.8, 4) is 0 Å². The number of anilines is 2. The smallest absolute Gasteiger partial charge is 0.351 e. The normalized spacial score (nSPS) is 11.2. The van der Waals surface area contributed by atoms with Crippen LogP contribution in [-0.2, 0) is 4.79 Å². The Balaban J connectivity index is 1.98. The van der Waals surface area contributed by atoms with Gasteiger partial charge >= 0.3 is 5.97 Å². The molecule has 2 aromatic carbocycles. The largest absolute Gasteiger partial charge is 0.477 e. The lowest BCUT2D eigenvalue weighted by molar-refractivity contribution is -0.129. The van der Waals surface area contributed by atoms with Crippen molar-refractivity contribution >= 4 is 40.0 Å². The number of carboxylic acids is 1. The summed E-state index contributed by atoms with van der Waals surface area (Å²) in [6.07, 6.45) is 0. The van der Waals surface area contributed by atoms with Crippen molar-refractivity contribution in [2.75, 3.05) is 5.32 Å². The van der Waals surface area contributed by atoms with E-state index in [1.807, 2.05) is 36.4 Å². The summed E-state index contributed by atoms with van der Waals surface area (Å²) in [5.41, 5.74) is 3.88. The number of benzene rings is 2. The van der Waals surface area contributed by atoms with Crippen LogP contribution < -0.4 is 10.7 Å². The third-order valence-corrected chi connectivity index (χ3v) is 3.64. The highest BCUT2D eigenvalue weighted by Crippen LogP contribution is 2.23. The molecule has 0 aliphatic carbocycles. The fourth-order valence-electron chi connectivity index (χ4n) is 2.34. The summed E-state index contributed by atoms with van der Waals surface area (Å²) in [5.74, 6) is -1.21. The molecule has 130 valence electrons. The molecule has 3 N–H and O–H groups in total. The molecule has 26 heavy (non-hydrogen) atoms. The van der Waals surface area contributed by atoms with Crippen LogP contribution in [0.2, 0.25) is 0 Å². The van der Waals surface area contributed by atoms with Crippen LogP contribution >= 0.6 is 0 Å². The van der Waals surface area contributed by atoms with Crippen LogP contribution in [0.25, 0.3) is 10.9 Å². The summed E-state index contributed by atoms with van der Waals surface area (Å²) in [6.45, 7) is 1.30. The van der Waals surface area contributed by atoms with E-state index < -0.39 is 11.9 Å². The molecule has 1 aromatic heterocycles. The Kier molecular flexibility index (Phi) is 4.89. The molecular weight excluding hydrogens is 332 g/mol. The summed E-state index contributed by atoms with van der Waals surface area (Å²) in [5, 5.41) is 16.2. The summed E-state index contributed by atoms with van der Waals surface area (Å²) in [4.78, 5) is 27.9. The van der Waals surface area contributed by atoms with Crippen LogP contribution in [0.4, 0.5) is 11.5 Å². The third kappa shape index (κ3) is 3.84. The minimum absolute atomic E-state index is 0.209. The van der Waals surface area contributed by atoms with Crippen molar-refractivity contribution < 1.29 is 14.7 Å². The number of pyridine rings is 1. The quantitative estimate of drug-likeness (QED) is 0.485. The van der Waals surface area contributed by atoms with E-state index in [-0.39, 0.29) is 5.71 Å². The Labute approximate surface area is 149 Å². The van der Waals surface area contributed by atoms with E-state index in [0.29, 0.717) is 22.3 Å². The van der Waals surface area contributed by atoms with Crippen LogP contribution in [0.3, 0.4) is 0 Å². The highest BCUT2D eigenvalue weighted by molar-refractivity contribution is 6.34. The van der Waals surface area contributed by atoms with Crippen LogP contribution in [0.1, 0.15) is 17.3 Å². The second-order valence-corrected chi connectivity index (χ2v) is 5.51. The Morgan fingerprint density at radius 3 is 2.46 bits per heavy atom. The van der Waals surface area contributed by atoms with E-state index in [4.69, 9.17) is 5.11 Å². The van der Waals surface area contributed by atoms with Crippen molar-refractivity contribution in [2.45, 2.75) is 6.92 Å². The highest BCUT2D eigenvalue weighted by atomic mass is 16.4. The summed E-state index contributed by atoms with van der Waals surface area (Å²) >= 11 is 0. The number of para-hydroxylation sites is 2. The standard InChI is InChI=1S/C19H16N4O3/c1-12(19(25)26)22-23-18(24)15-11-17(20-13-7-3-2-4-8-13)21-16-10-6-5-9-14(15)16/h2-11H,1H3,(H,20,21)(H,23,24)(H,25,26)/b22-12+. The first-order valence-electron chi connectivity index (χ1n) is 7.84. The molecule has 0 saturated heterocycles. The number of hydrogen-bond acceptors (Lipinski definition) is 5. The average molecular weight is 348 g/mol. The first-order chi connectivity index (χ1) is 12.5. The zero-order valence-electron chi connectivity index (χ0n) is 13.9. The van der Waals surface area contributed by atoms with Crippen LogP contribution in [0.5, 0.6) is 0 Å². The summed E-state index contributed by atoms with van der Waals surface area (Å²) < 4.78 is 0. The van der Waals surface area contributed by atoms with Gasteiger partial charge in [0.1, 0.15) is 11.5 Å². The van der Waals surface area contributed by atoms with Crippen LogP contribution in [-0.4, -0.2) is 27.7 Å². The second-order valence-electron chi connectivity index (χ2n) is 5.51. The van der Waals surface area contributed by atoms with Gasteiger partial charge in [0.2, 0.25) is 0 Å². The lowest BCUT2D eigenvalue weighted by Gasteiger charge is -2.10. The van der Waals surface area contributed by atoms with E-state index in [2.05, 4.69) is 20.8 Å². The monoisotopic (exact) mass is 348 g/mol. The fraction of sp³-hybridized carbons (Fsp3) is 0.0526. The van der Waals surface area contributed by atoms with Crippen molar-refractivity contribution in [3.63, 3.8) is 0 Å². The molecule has 3 rings (SSSR count). The zero-order chi connectivity index (χ0) is 18.5. The lowest BCUT2D eigenvalue weighted by atomic mass is 10.1. The minimum Gasteiger partial charge on any atom is -0.477 e. The highest BCUT2D eigenvalue weighted by Gasteiger charge is 2.13. The molecule has 0 radical (unpaired) electrons. The molecule has 1 amide bonds. The average Bonchev–Trinajstić information content (AvgIpc) is 2.65. The molecule has 0 atom stereocenters. The van der Waals surface area contributed by atoms with Gasteiger partial charge in [-0.1, -0.05) is 36.4 Å². The molecule has 3 aromatic rings. The maximum absolute atomic E-state index is 12.5. The first-order valence-corrected chi connectivity index (χ1v) is 7.84. The van der Waals surface area contributed by atoms with Gasteiger partial charge in [-0.2, -0.15) is 5.10 Å². The topological polar surface area (TPSA) is 104 Å². The van der Waals surface area contributed by atoms with Gasteiger partial charge in [0, 0.05) is 11.1 Å². The Hall–Kier alpha value is -3.74. The van der Waals surface area contributed by atoms with Crippen molar-refractivity contribution in [1.82, 2.24) is 10.4 Å². The number of nitrogens with zero attached hydrogens (tertiary/aromatic N) is 2. The van der Waals surface area contributed by atoms with Crippen LogP contribution in [0, 0.1) is 0 Å². The number of carboxylic acid groups (broad SMARTS) is 1. The number of amides is 1. The summed E-state index contributed by atoms with van der Waals surface area (Å²) in [7, 11) is 0. The number of hydrazone groups is 1. The number of nitrogens with one attached hydrogen (secondary N) is 2. The Morgan fingerprint density at radius 2 is 1.73 bits per heavy atom. The molecule has 0 fully saturated rings. The van der Waals surface area contributed by atoms with Gasteiger partial charge in [-0.15, -0.1) is 0 Å². The lowest BCUT2D eigenvalue weighted by Crippen LogP contribution is -2.22. The zero-order valence-corrected chi connectivity index (χ0v) is 13.9. The molecule has 0 spiro atoms. The van der Waals surface area contributed by atoms with E-state index in [1.54, 1.807) is 24.3 Å². The van der Waals surface area contributed by atoms with Gasteiger partial charge in [-0.05, 0) is 31.2 Å². The number of hydrogen-bond donors (Lipinski definition) is 3. The van der Waals surface area contributed by atoms with E-state index >= 15 is 0 Å². The molecular formula is C19H16N4O3. The molecule has 0 aliphatic heterocycles. The number of fused-ring (bicyclic) bond motifs is 1. The van der Waals surface area contributed by atoms with Gasteiger partial charge in [-0.25, -0.2) is 15.2 Å². The maximum atomic E-state index is 12.5. The first kappa shape index (κ1) is 17.1. The second kappa shape index (κ2) is 7.43. The van der Waals surface area contributed by atoms with Gasteiger partial charge in [0.05, 0.1) is 11.1 Å². The van der Waals surface area contributed by atoms with E-state index in [1.165, 1.54) is 6.92 Å².